The number of hydrogen-bond donors (Lipinski definition) is 1. The molecule has 0 bridgehead atoms. The number of benzene rings is 1. The molecular weight excluding hydrogens is 286 g/mol. The molecule has 0 radical (unpaired) electrons. The summed E-state index contributed by atoms with van der Waals surface area (Å²) >= 11 is 0. The molecule has 1 heterocycles. The first-order valence-electron chi connectivity index (χ1n) is 6.26. The monoisotopic (exact) mass is 299 g/mol. The highest BCUT2D eigenvalue weighted by atomic mass is 16.5. The predicted octanol–water partition coefficient (Wildman–Crippen LogP) is 2.07. The van der Waals surface area contributed by atoms with Crippen molar-refractivity contribution in [3.05, 3.63) is 48.3 Å². The summed E-state index contributed by atoms with van der Waals surface area (Å²) in [4.78, 5) is 29.4. The molecule has 0 unspecified atom stereocenters. The Morgan fingerprint density at radius 3 is 2.68 bits per heavy atom. The number of hydrogen-bond acceptors (Lipinski definition) is 6. The average Bonchev–Trinajstić information content (AvgIpc) is 2.56. The third kappa shape index (κ3) is 4.14. The summed E-state index contributed by atoms with van der Waals surface area (Å²) in [6.07, 6.45) is 4.71. The zero-order chi connectivity index (χ0) is 15.8. The van der Waals surface area contributed by atoms with Gasteiger partial charge < -0.3 is 14.8 Å². The second-order valence-electron chi connectivity index (χ2n) is 4.04. The topological polar surface area (TPSA) is 89.9 Å². The second-order valence-corrected chi connectivity index (χ2v) is 4.04. The van der Waals surface area contributed by atoms with Crippen LogP contribution in [0.2, 0.25) is 0 Å². The van der Waals surface area contributed by atoms with Gasteiger partial charge in [0.1, 0.15) is 11.5 Å². The van der Waals surface area contributed by atoms with Crippen LogP contribution in [0.1, 0.15) is 10.4 Å². The van der Waals surface area contributed by atoms with E-state index >= 15 is 0 Å². The number of rotatable bonds is 6. The lowest BCUT2D eigenvalue weighted by atomic mass is 10.3. The van der Waals surface area contributed by atoms with Gasteiger partial charge in [0.25, 0.3) is 0 Å². The molecule has 0 fully saturated rings. The number of nitrogens with one attached hydrogen (secondary N) is 1. The van der Waals surface area contributed by atoms with E-state index in [4.69, 9.17) is 4.74 Å². The third-order valence-corrected chi connectivity index (χ3v) is 2.56. The van der Waals surface area contributed by atoms with Gasteiger partial charge in [0, 0.05) is 6.20 Å². The Labute approximate surface area is 126 Å². The number of ether oxygens (including phenoxy) is 2. The molecule has 2 rings (SSSR count). The van der Waals surface area contributed by atoms with Crippen molar-refractivity contribution in [1.29, 1.82) is 0 Å². The lowest BCUT2D eigenvalue weighted by Gasteiger charge is -2.06. The van der Waals surface area contributed by atoms with Gasteiger partial charge in [-0.25, -0.2) is 9.79 Å². The Morgan fingerprint density at radius 2 is 2.00 bits per heavy atom. The van der Waals surface area contributed by atoms with E-state index in [0.29, 0.717) is 29.2 Å². The van der Waals surface area contributed by atoms with Gasteiger partial charge in [-0.3, -0.25) is 9.78 Å². The first-order chi connectivity index (χ1) is 10.7. The van der Waals surface area contributed by atoms with Crippen molar-refractivity contribution in [3.63, 3.8) is 0 Å². The number of carbonyl (C=O) groups is 2. The smallest absolute Gasteiger partial charge is 0.339 e. The van der Waals surface area contributed by atoms with Crippen molar-refractivity contribution in [2.45, 2.75) is 0 Å². The zero-order valence-electron chi connectivity index (χ0n) is 11.7. The lowest BCUT2D eigenvalue weighted by Crippen LogP contribution is -2.05. The number of methoxy groups -OCH3 is 1. The molecule has 0 saturated heterocycles. The molecule has 0 aliphatic heterocycles. The van der Waals surface area contributed by atoms with Crippen LogP contribution in [-0.4, -0.2) is 30.8 Å². The SMILES string of the molecule is COC(=O)c1cncc(Oc2ccc(N=CNC=O)cc2)c1. The predicted molar refractivity (Wildman–Crippen MR) is 79.4 cm³/mol. The quantitative estimate of drug-likeness (QED) is 0.381. The van der Waals surface area contributed by atoms with E-state index in [1.165, 1.54) is 25.8 Å². The van der Waals surface area contributed by atoms with Crippen LogP contribution < -0.4 is 10.1 Å². The molecule has 0 aliphatic carbocycles. The van der Waals surface area contributed by atoms with E-state index in [9.17, 15) is 9.59 Å². The molecule has 7 nitrogen and oxygen atoms in total. The van der Waals surface area contributed by atoms with Crippen molar-refractivity contribution < 1.29 is 19.1 Å². The Morgan fingerprint density at radius 1 is 1.23 bits per heavy atom. The van der Waals surface area contributed by atoms with E-state index < -0.39 is 5.97 Å². The number of carbonyl (C=O) groups excluding carboxylic acids is 2. The van der Waals surface area contributed by atoms with E-state index in [-0.39, 0.29) is 0 Å². The third-order valence-electron chi connectivity index (χ3n) is 2.56. The second kappa shape index (κ2) is 7.53. The van der Waals surface area contributed by atoms with Crippen molar-refractivity contribution in [2.75, 3.05) is 7.11 Å². The number of aromatic nitrogens is 1. The van der Waals surface area contributed by atoms with Crippen LogP contribution in [0.4, 0.5) is 5.69 Å². The summed E-state index contributed by atoms with van der Waals surface area (Å²) < 4.78 is 10.2. The van der Waals surface area contributed by atoms with E-state index in [1.54, 1.807) is 30.3 Å². The molecule has 1 aromatic carbocycles. The molecule has 7 heteroatoms. The summed E-state index contributed by atoms with van der Waals surface area (Å²) in [7, 11) is 1.30. The van der Waals surface area contributed by atoms with Gasteiger partial charge in [0.05, 0.1) is 30.9 Å². The number of pyridine rings is 1. The number of amides is 1. The molecule has 1 amide bonds. The van der Waals surface area contributed by atoms with Crippen LogP contribution in [0.25, 0.3) is 0 Å². The van der Waals surface area contributed by atoms with Crippen LogP contribution in [0.3, 0.4) is 0 Å². The molecule has 0 spiro atoms. The molecule has 112 valence electrons. The van der Waals surface area contributed by atoms with Crippen molar-refractivity contribution in [2.24, 2.45) is 4.99 Å². The summed E-state index contributed by atoms with van der Waals surface area (Å²) in [5.74, 6) is 0.498. The van der Waals surface area contributed by atoms with Crippen LogP contribution in [-0.2, 0) is 9.53 Å². The molecule has 0 atom stereocenters. The lowest BCUT2D eigenvalue weighted by molar-refractivity contribution is -0.108. The van der Waals surface area contributed by atoms with Crippen molar-refractivity contribution in [3.8, 4) is 11.5 Å². The van der Waals surface area contributed by atoms with Gasteiger partial charge in [-0.05, 0) is 30.3 Å². The minimum Gasteiger partial charge on any atom is -0.465 e. The van der Waals surface area contributed by atoms with Gasteiger partial charge in [-0.2, -0.15) is 0 Å². The minimum atomic E-state index is -0.481. The van der Waals surface area contributed by atoms with Gasteiger partial charge >= 0.3 is 5.97 Å². The summed E-state index contributed by atoms with van der Waals surface area (Å²) in [6.45, 7) is 0. The molecule has 1 N–H and O–H groups in total. The average molecular weight is 299 g/mol. The van der Waals surface area contributed by atoms with Gasteiger partial charge in [-0.1, -0.05) is 0 Å². The maximum absolute atomic E-state index is 11.4. The van der Waals surface area contributed by atoms with Crippen LogP contribution in [0.5, 0.6) is 11.5 Å². The molecule has 2 aromatic rings. The zero-order valence-corrected chi connectivity index (χ0v) is 11.7. The van der Waals surface area contributed by atoms with Gasteiger partial charge in [0.2, 0.25) is 6.41 Å². The fourth-order valence-electron chi connectivity index (χ4n) is 1.58. The highest BCUT2D eigenvalue weighted by Crippen LogP contribution is 2.24. The molecule has 0 aliphatic rings. The molecule has 0 saturated carbocycles. The highest BCUT2D eigenvalue weighted by molar-refractivity contribution is 5.89. The van der Waals surface area contributed by atoms with Crippen LogP contribution in [0.15, 0.2) is 47.7 Å². The maximum atomic E-state index is 11.4. The fraction of sp³-hybridized carbons (Fsp3) is 0.0667. The number of aliphatic imine (C=N–C) groups is 1. The van der Waals surface area contributed by atoms with Crippen molar-refractivity contribution in [1.82, 2.24) is 10.3 Å². The van der Waals surface area contributed by atoms with E-state index in [0.717, 1.165) is 0 Å². The Bertz CT molecular complexity index is 683. The molecule has 22 heavy (non-hydrogen) atoms. The number of nitrogens with zero attached hydrogens (tertiary/aromatic N) is 2. The van der Waals surface area contributed by atoms with E-state index in [1.807, 2.05) is 0 Å². The highest BCUT2D eigenvalue weighted by Gasteiger charge is 2.07. The van der Waals surface area contributed by atoms with Gasteiger partial charge in [-0.15, -0.1) is 0 Å². The summed E-state index contributed by atoms with van der Waals surface area (Å²) in [5, 5.41) is 2.32. The molecule has 1 aromatic heterocycles. The normalized spacial score (nSPS) is 10.2. The standard InChI is InChI=1S/C15H13N3O4/c1-21-15(20)11-6-14(8-16-7-11)22-13-4-2-12(3-5-13)18-9-17-10-19/h2-10H,1H3,(H,17,18,19). The number of esters is 1. The van der Waals surface area contributed by atoms with Crippen molar-refractivity contribution >= 4 is 24.4 Å². The van der Waals surface area contributed by atoms with Crippen LogP contribution >= 0.6 is 0 Å². The molecular formula is C15H13N3O4. The van der Waals surface area contributed by atoms with Crippen LogP contribution in [0, 0.1) is 0 Å². The Kier molecular flexibility index (Phi) is 5.20. The fourth-order valence-corrected chi connectivity index (χ4v) is 1.58. The largest absolute Gasteiger partial charge is 0.465 e. The maximum Gasteiger partial charge on any atom is 0.339 e. The van der Waals surface area contributed by atoms with E-state index in [2.05, 4.69) is 20.0 Å². The first-order valence-corrected chi connectivity index (χ1v) is 6.26. The summed E-state index contributed by atoms with van der Waals surface area (Å²) in [6, 6.07) is 8.39. The first kappa shape index (κ1) is 15.2. The van der Waals surface area contributed by atoms with Gasteiger partial charge in [0.15, 0.2) is 0 Å². The Balaban J connectivity index is 2.07. The summed E-state index contributed by atoms with van der Waals surface area (Å²) in [5.41, 5.74) is 0.962. The Hall–Kier alpha value is -3.22. The minimum absolute atomic E-state index is 0.307.